The Labute approximate surface area is 102 Å². The topological polar surface area (TPSA) is 106 Å². The molecule has 94 valence electrons. The molecule has 18 heavy (non-hydrogen) atoms. The quantitative estimate of drug-likeness (QED) is 0.698. The zero-order valence-electron chi connectivity index (χ0n) is 9.46. The molecule has 1 aromatic carbocycles. The Morgan fingerprint density at radius 3 is 2.56 bits per heavy atom. The van der Waals surface area contributed by atoms with Crippen molar-refractivity contribution >= 4 is 28.5 Å². The number of carboxylic acids is 2. The minimum absolute atomic E-state index is 0.183. The fraction of sp³-hybridized carbons (Fsp3) is 0.167. The summed E-state index contributed by atoms with van der Waals surface area (Å²) < 4.78 is 1.49. The Morgan fingerprint density at radius 2 is 1.94 bits per heavy atom. The van der Waals surface area contributed by atoms with Crippen molar-refractivity contribution < 1.29 is 19.8 Å². The van der Waals surface area contributed by atoms with Gasteiger partial charge in [0.1, 0.15) is 6.54 Å². The van der Waals surface area contributed by atoms with Gasteiger partial charge in [-0.25, -0.2) is 0 Å². The number of anilines is 1. The van der Waals surface area contributed by atoms with Crippen LogP contribution in [0.2, 0.25) is 0 Å². The molecule has 0 saturated carbocycles. The number of rotatable bonds is 4. The third kappa shape index (κ3) is 2.13. The highest BCUT2D eigenvalue weighted by atomic mass is 16.4. The highest BCUT2D eigenvalue weighted by Crippen LogP contribution is 2.27. The number of hydrogen-bond acceptors (Lipinski definition) is 3. The van der Waals surface area contributed by atoms with Gasteiger partial charge in [0, 0.05) is 17.3 Å². The Bertz CT molecular complexity index is 630. The molecule has 0 aliphatic carbocycles. The number of nitrogen functional groups attached to an aromatic ring is 1. The minimum Gasteiger partial charge on any atom is -0.481 e. The maximum Gasteiger partial charge on any atom is 0.323 e. The molecule has 0 amide bonds. The lowest BCUT2D eigenvalue weighted by atomic mass is 10.1. The van der Waals surface area contributed by atoms with Crippen molar-refractivity contribution in [1.29, 1.82) is 0 Å². The molecule has 2 aromatic rings. The van der Waals surface area contributed by atoms with Gasteiger partial charge in [0.05, 0.1) is 11.9 Å². The van der Waals surface area contributed by atoms with E-state index >= 15 is 0 Å². The fourth-order valence-corrected chi connectivity index (χ4v) is 2.04. The number of fused-ring (bicyclic) bond motifs is 1. The predicted octanol–water partition coefficient (Wildman–Crippen LogP) is 0.935. The van der Waals surface area contributed by atoms with Crippen LogP contribution >= 0.6 is 0 Å². The molecular formula is C12H12N2O4. The van der Waals surface area contributed by atoms with E-state index in [1.807, 2.05) is 0 Å². The van der Waals surface area contributed by atoms with Gasteiger partial charge in [-0.15, -0.1) is 0 Å². The van der Waals surface area contributed by atoms with Gasteiger partial charge in [-0.2, -0.15) is 0 Å². The highest BCUT2D eigenvalue weighted by Gasteiger charge is 2.14. The van der Waals surface area contributed by atoms with E-state index in [1.165, 1.54) is 10.8 Å². The van der Waals surface area contributed by atoms with Crippen LogP contribution in [0.3, 0.4) is 0 Å². The van der Waals surface area contributed by atoms with Crippen molar-refractivity contribution in [2.45, 2.75) is 13.0 Å². The first kappa shape index (κ1) is 12.0. The van der Waals surface area contributed by atoms with Crippen LogP contribution in [-0.4, -0.2) is 26.7 Å². The molecule has 1 aromatic heterocycles. The highest BCUT2D eigenvalue weighted by molar-refractivity contribution is 5.96. The van der Waals surface area contributed by atoms with E-state index in [0.29, 0.717) is 22.2 Å². The molecule has 0 radical (unpaired) electrons. The van der Waals surface area contributed by atoms with E-state index in [9.17, 15) is 9.59 Å². The number of aliphatic carboxylic acids is 2. The maximum atomic E-state index is 10.8. The first-order chi connectivity index (χ1) is 8.49. The second-order valence-electron chi connectivity index (χ2n) is 3.99. The van der Waals surface area contributed by atoms with Crippen LogP contribution in [0.5, 0.6) is 0 Å². The molecule has 0 saturated heterocycles. The van der Waals surface area contributed by atoms with Crippen molar-refractivity contribution in [3.63, 3.8) is 0 Å². The predicted molar refractivity (Wildman–Crippen MR) is 65.3 cm³/mol. The van der Waals surface area contributed by atoms with Crippen molar-refractivity contribution in [3.05, 3.63) is 30.0 Å². The van der Waals surface area contributed by atoms with Crippen LogP contribution in [0.1, 0.15) is 5.56 Å². The maximum absolute atomic E-state index is 10.8. The fourth-order valence-electron chi connectivity index (χ4n) is 2.04. The molecule has 4 N–H and O–H groups in total. The summed E-state index contributed by atoms with van der Waals surface area (Å²) in [6.07, 6.45) is 1.35. The molecule has 0 aliphatic heterocycles. The molecular weight excluding hydrogens is 236 g/mol. The van der Waals surface area contributed by atoms with Crippen molar-refractivity contribution in [3.8, 4) is 0 Å². The average Bonchev–Trinajstić information content (AvgIpc) is 2.56. The molecule has 0 atom stereocenters. The molecule has 1 heterocycles. The van der Waals surface area contributed by atoms with Gasteiger partial charge >= 0.3 is 11.9 Å². The smallest absolute Gasteiger partial charge is 0.323 e. The van der Waals surface area contributed by atoms with E-state index < -0.39 is 11.9 Å². The summed E-state index contributed by atoms with van der Waals surface area (Å²) in [6, 6.07) is 5.10. The van der Waals surface area contributed by atoms with Crippen molar-refractivity contribution in [2.75, 3.05) is 5.73 Å². The zero-order chi connectivity index (χ0) is 13.3. The molecule has 2 rings (SSSR count). The monoisotopic (exact) mass is 248 g/mol. The van der Waals surface area contributed by atoms with Gasteiger partial charge in [-0.1, -0.05) is 6.07 Å². The second kappa shape index (κ2) is 4.40. The van der Waals surface area contributed by atoms with Crippen LogP contribution in [0.4, 0.5) is 5.69 Å². The lowest BCUT2D eigenvalue weighted by Gasteiger charge is -2.02. The number of nitrogens with two attached hydrogens (primary N) is 1. The van der Waals surface area contributed by atoms with E-state index in [0.717, 1.165) is 0 Å². The van der Waals surface area contributed by atoms with Gasteiger partial charge in [0.25, 0.3) is 0 Å². The number of aromatic nitrogens is 1. The Hall–Kier alpha value is -2.50. The van der Waals surface area contributed by atoms with Gasteiger partial charge in [0.15, 0.2) is 0 Å². The molecule has 0 unspecified atom stereocenters. The van der Waals surface area contributed by atoms with Gasteiger partial charge < -0.3 is 20.5 Å². The standard InChI is InChI=1S/C12H12N2O4/c13-8-2-1-3-9-12(8)7(4-10(15)16)5-14(9)6-11(17)18/h1-3,5H,4,6,13H2,(H,15,16)(H,17,18). The number of nitrogens with zero attached hydrogens (tertiary/aromatic N) is 1. The number of carboxylic acid groups (broad SMARTS) is 2. The van der Waals surface area contributed by atoms with Gasteiger partial charge in [-0.05, 0) is 17.7 Å². The number of benzene rings is 1. The van der Waals surface area contributed by atoms with Crippen LogP contribution < -0.4 is 5.73 Å². The molecule has 0 aliphatic rings. The zero-order valence-corrected chi connectivity index (χ0v) is 9.46. The molecule has 6 heteroatoms. The third-order valence-corrected chi connectivity index (χ3v) is 2.66. The lowest BCUT2D eigenvalue weighted by Crippen LogP contribution is -2.07. The van der Waals surface area contributed by atoms with Crippen molar-refractivity contribution in [1.82, 2.24) is 4.57 Å². The average molecular weight is 248 g/mol. The van der Waals surface area contributed by atoms with Gasteiger partial charge in [-0.3, -0.25) is 9.59 Å². The lowest BCUT2D eigenvalue weighted by molar-refractivity contribution is -0.138. The normalized spacial score (nSPS) is 10.7. The van der Waals surface area contributed by atoms with Gasteiger partial charge in [0.2, 0.25) is 0 Å². The minimum atomic E-state index is -0.990. The Balaban J connectivity index is 2.63. The van der Waals surface area contributed by atoms with Crippen LogP contribution in [0.25, 0.3) is 10.9 Å². The van der Waals surface area contributed by atoms with E-state index in [2.05, 4.69) is 0 Å². The summed E-state index contributed by atoms with van der Waals surface area (Å²) in [6.45, 7) is -0.223. The summed E-state index contributed by atoms with van der Waals surface area (Å²) in [5.74, 6) is -1.97. The van der Waals surface area contributed by atoms with E-state index in [4.69, 9.17) is 15.9 Å². The first-order valence-electron chi connectivity index (χ1n) is 5.29. The summed E-state index contributed by atoms with van der Waals surface area (Å²) in [4.78, 5) is 21.5. The third-order valence-electron chi connectivity index (χ3n) is 2.66. The summed E-state index contributed by atoms with van der Waals surface area (Å²) in [5, 5.41) is 18.3. The largest absolute Gasteiger partial charge is 0.481 e. The number of carbonyl (C=O) groups is 2. The van der Waals surface area contributed by atoms with Crippen LogP contribution in [0, 0.1) is 0 Å². The van der Waals surface area contributed by atoms with Crippen LogP contribution in [-0.2, 0) is 22.6 Å². The van der Waals surface area contributed by atoms with E-state index in [-0.39, 0.29) is 13.0 Å². The van der Waals surface area contributed by atoms with E-state index in [1.54, 1.807) is 18.2 Å². The SMILES string of the molecule is Nc1cccc2c1c(CC(=O)O)cn2CC(=O)O. The van der Waals surface area contributed by atoms with Crippen LogP contribution in [0.15, 0.2) is 24.4 Å². The summed E-state index contributed by atoms with van der Waals surface area (Å²) >= 11 is 0. The Kier molecular flexibility index (Phi) is 2.93. The van der Waals surface area contributed by atoms with Crippen molar-refractivity contribution in [2.24, 2.45) is 0 Å². The molecule has 0 bridgehead atoms. The summed E-state index contributed by atoms with van der Waals surface area (Å²) in [5.41, 5.74) is 7.43. The molecule has 0 spiro atoms. The molecule has 6 nitrogen and oxygen atoms in total. The second-order valence-corrected chi connectivity index (χ2v) is 3.99. The summed E-state index contributed by atoms with van der Waals surface area (Å²) in [7, 11) is 0. The first-order valence-corrected chi connectivity index (χ1v) is 5.29. The number of hydrogen-bond donors (Lipinski definition) is 3. The Morgan fingerprint density at radius 1 is 1.22 bits per heavy atom. The molecule has 0 fully saturated rings.